The zero-order valence-electron chi connectivity index (χ0n) is 13.9. The lowest BCUT2D eigenvalue weighted by atomic mass is 9.93. The lowest BCUT2D eigenvalue weighted by Crippen LogP contribution is -2.25. The second-order valence-corrected chi connectivity index (χ2v) is 7.74. The number of aromatic nitrogens is 2. The number of nitrogens with zero attached hydrogens (tertiary/aromatic N) is 2. The van der Waals surface area contributed by atoms with Gasteiger partial charge < -0.3 is 5.32 Å². The predicted octanol–water partition coefficient (Wildman–Crippen LogP) is 4.52. The molecule has 3 aliphatic rings. The molecule has 1 aromatic heterocycles. The van der Waals surface area contributed by atoms with E-state index in [4.69, 9.17) is 11.6 Å². The van der Waals surface area contributed by atoms with E-state index in [0.717, 1.165) is 36.7 Å². The fourth-order valence-corrected chi connectivity index (χ4v) is 4.15. The van der Waals surface area contributed by atoms with E-state index in [0.29, 0.717) is 18.4 Å². The maximum Gasteiger partial charge on any atom is 0.226 e. The van der Waals surface area contributed by atoms with Crippen molar-refractivity contribution in [3.05, 3.63) is 11.8 Å². The number of nitrogens with one attached hydrogen (secondary N) is 2. The van der Waals surface area contributed by atoms with Gasteiger partial charge in [-0.15, -0.1) is 0 Å². The molecule has 2 aliphatic carbocycles. The molecular formula is C18H25ClN4O. The van der Waals surface area contributed by atoms with E-state index in [1.165, 1.54) is 32.1 Å². The third kappa shape index (κ3) is 3.18. The molecule has 5 nitrogen and oxygen atoms in total. The summed E-state index contributed by atoms with van der Waals surface area (Å²) in [5, 5.41) is 6.33. The molecule has 0 saturated heterocycles. The van der Waals surface area contributed by atoms with Crippen LogP contribution < -0.4 is 10.6 Å². The standard InChI is InChI=1S/C18H25ClN4O/c19-15-10-9-14-17(21-15)23(13-6-3-7-13)18(20-14)22-16(24)11-8-12-4-1-2-5-12/h9-10,12-13,15,21H,1-8,11H2,(H,20,22,24)/t15-/m1/s1. The molecule has 4 rings (SSSR count). The Labute approximate surface area is 147 Å². The van der Waals surface area contributed by atoms with Gasteiger partial charge in [0.15, 0.2) is 0 Å². The van der Waals surface area contributed by atoms with Crippen molar-refractivity contribution in [3.63, 3.8) is 0 Å². The summed E-state index contributed by atoms with van der Waals surface area (Å²) in [6, 6.07) is 0.411. The summed E-state index contributed by atoms with van der Waals surface area (Å²) in [4.78, 5) is 17.0. The van der Waals surface area contributed by atoms with Gasteiger partial charge in [0.2, 0.25) is 11.9 Å². The van der Waals surface area contributed by atoms with Gasteiger partial charge in [0.1, 0.15) is 17.0 Å². The van der Waals surface area contributed by atoms with Crippen LogP contribution in [0.3, 0.4) is 0 Å². The van der Waals surface area contributed by atoms with Crippen molar-refractivity contribution >= 4 is 35.4 Å². The molecule has 1 aromatic rings. The number of carbonyl (C=O) groups excluding carboxylic acids is 1. The average Bonchev–Trinajstić information content (AvgIpc) is 3.13. The molecule has 0 bridgehead atoms. The Morgan fingerprint density at radius 1 is 1.29 bits per heavy atom. The first-order valence-corrected chi connectivity index (χ1v) is 9.65. The van der Waals surface area contributed by atoms with Crippen LogP contribution in [-0.2, 0) is 4.79 Å². The third-order valence-electron chi connectivity index (χ3n) is 5.58. The zero-order valence-corrected chi connectivity index (χ0v) is 14.7. The normalized spacial score (nSPS) is 23.6. The number of halogens is 1. The molecule has 0 spiro atoms. The Bertz CT molecular complexity index is 644. The van der Waals surface area contributed by atoms with Crippen LogP contribution in [-0.4, -0.2) is 21.0 Å². The van der Waals surface area contributed by atoms with Crippen molar-refractivity contribution in [1.29, 1.82) is 0 Å². The number of hydrogen-bond donors (Lipinski definition) is 2. The van der Waals surface area contributed by atoms with Crippen LogP contribution in [0.15, 0.2) is 6.08 Å². The van der Waals surface area contributed by atoms with Crippen molar-refractivity contribution in [1.82, 2.24) is 9.55 Å². The van der Waals surface area contributed by atoms with E-state index >= 15 is 0 Å². The van der Waals surface area contributed by atoms with Crippen molar-refractivity contribution in [2.75, 3.05) is 10.6 Å². The monoisotopic (exact) mass is 348 g/mol. The minimum absolute atomic E-state index is 0.0798. The maximum atomic E-state index is 12.4. The van der Waals surface area contributed by atoms with Gasteiger partial charge in [0, 0.05) is 12.5 Å². The van der Waals surface area contributed by atoms with Crippen molar-refractivity contribution in [2.24, 2.45) is 5.92 Å². The van der Waals surface area contributed by atoms with Crippen LogP contribution in [0.5, 0.6) is 0 Å². The highest BCUT2D eigenvalue weighted by atomic mass is 35.5. The van der Waals surface area contributed by atoms with Gasteiger partial charge in [-0.05, 0) is 43.8 Å². The molecular weight excluding hydrogens is 324 g/mol. The minimum Gasteiger partial charge on any atom is -0.350 e. The molecule has 0 radical (unpaired) electrons. The molecule has 1 amide bonds. The smallest absolute Gasteiger partial charge is 0.226 e. The number of imidazole rings is 1. The molecule has 1 aliphatic heterocycles. The van der Waals surface area contributed by atoms with E-state index in [1.54, 1.807) is 0 Å². The number of amides is 1. The van der Waals surface area contributed by atoms with Crippen LogP contribution >= 0.6 is 11.6 Å². The van der Waals surface area contributed by atoms with Gasteiger partial charge in [0.05, 0.1) is 0 Å². The maximum absolute atomic E-state index is 12.4. The van der Waals surface area contributed by atoms with Crippen LogP contribution in [0.4, 0.5) is 11.8 Å². The molecule has 2 fully saturated rings. The summed E-state index contributed by atoms with van der Waals surface area (Å²) in [5.41, 5.74) is 0.642. The number of fused-ring (bicyclic) bond motifs is 1. The summed E-state index contributed by atoms with van der Waals surface area (Å²) in [6.45, 7) is 0. The van der Waals surface area contributed by atoms with E-state index in [1.807, 2.05) is 12.2 Å². The predicted molar refractivity (Wildman–Crippen MR) is 97.2 cm³/mol. The highest BCUT2D eigenvalue weighted by Gasteiger charge is 2.29. The van der Waals surface area contributed by atoms with Crippen molar-refractivity contribution < 1.29 is 4.79 Å². The Balaban J connectivity index is 1.47. The first-order valence-electron chi connectivity index (χ1n) is 9.21. The number of carbonyl (C=O) groups is 1. The van der Waals surface area contributed by atoms with Gasteiger partial charge in [-0.25, -0.2) is 4.98 Å². The fraction of sp³-hybridized carbons (Fsp3) is 0.667. The second kappa shape index (κ2) is 6.79. The Morgan fingerprint density at radius 2 is 2.08 bits per heavy atom. The van der Waals surface area contributed by atoms with E-state index in [2.05, 4.69) is 20.2 Å². The van der Waals surface area contributed by atoms with Crippen molar-refractivity contribution in [3.8, 4) is 0 Å². The van der Waals surface area contributed by atoms with Gasteiger partial charge in [0.25, 0.3) is 0 Å². The molecule has 24 heavy (non-hydrogen) atoms. The largest absolute Gasteiger partial charge is 0.350 e. The molecule has 2 N–H and O–H groups in total. The van der Waals surface area contributed by atoms with E-state index in [-0.39, 0.29) is 11.4 Å². The summed E-state index contributed by atoms with van der Waals surface area (Å²) in [7, 11) is 0. The lowest BCUT2D eigenvalue weighted by molar-refractivity contribution is -0.116. The third-order valence-corrected chi connectivity index (χ3v) is 5.84. The topological polar surface area (TPSA) is 59.0 Å². The van der Waals surface area contributed by atoms with Crippen molar-refractivity contribution in [2.45, 2.75) is 69.3 Å². The Kier molecular flexibility index (Phi) is 4.53. The van der Waals surface area contributed by atoms with E-state index < -0.39 is 0 Å². The first kappa shape index (κ1) is 16.0. The Hall–Kier alpha value is -1.49. The summed E-state index contributed by atoms with van der Waals surface area (Å²) >= 11 is 6.19. The molecule has 1 atom stereocenters. The summed E-state index contributed by atoms with van der Waals surface area (Å²) in [6.07, 6.45) is 14.1. The summed E-state index contributed by atoms with van der Waals surface area (Å²) in [5.74, 6) is 2.42. The van der Waals surface area contributed by atoms with E-state index in [9.17, 15) is 4.79 Å². The molecule has 6 heteroatoms. The SMILES string of the molecule is O=C(CCC1CCCC1)Nc1nc2c(n1C1CCC1)N[C@@H](Cl)C=C2. The van der Waals surface area contributed by atoms with Crippen LogP contribution in [0, 0.1) is 5.92 Å². The second-order valence-electron chi connectivity index (χ2n) is 7.27. The highest BCUT2D eigenvalue weighted by Crippen LogP contribution is 2.40. The molecule has 0 aromatic carbocycles. The van der Waals surface area contributed by atoms with Gasteiger partial charge in [-0.2, -0.15) is 0 Å². The van der Waals surface area contributed by atoms with Gasteiger partial charge >= 0.3 is 0 Å². The minimum atomic E-state index is -0.223. The molecule has 130 valence electrons. The first-order chi connectivity index (χ1) is 11.7. The zero-order chi connectivity index (χ0) is 16.5. The average molecular weight is 349 g/mol. The van der Waals surface area contributed by atoms with Crippen LogP contribution in [0.25, 0.3) is 6.08 Å². The molecule has 2 heterocycles. The lowest BCUT2D eigenvalue weighted by Gasteiger charge is -2.31. The molecule has 0 unspecified atom stereocenters. The summed E-state index contributed by atoms with van der Waals surface area (Å²) < 4.78 is 2.14. The number of hydrogen-bond acceptors (Lipinski definition) is 3. The Morgan fingerprint density at radius 3 is 2.79 bits per heavy atom. The fourth-order valence-electron chi connectivity index (χ4n) is 3.97. The number of rotatable bonds is 5. The van der Waals surface area contributed by atoms with Gasteiger partial charge in [-0.1, -0.05) is 37.3 Å². The number of alkyl halides is 1. The highest BCUT2D eigenvalue weighted by molar-refractivity contribution is 6.23. The quantitative estimate of drug-likeness (QED) is 0.607. The van der Waals surface area contributed by atoms with Crippen LogP contribution in [0.2, 0.25) is 0 Å². The van der Waals surface area contributed by atoms with Crippen LogP contribution in [0.1, 0.15) is 69.5 Å². The molecule has 2 saturated carbocycles. The number of anilines is 2. The van der Waals surface area contributed by atoms with Gasteiger partial charge in [-0.3, -0.25) is 14.7 Å².